The quantitative estimate of drug-likeness (QED) is 0.783. The van der Waals surface area contributed by atoms with Gasteiger partial charge in [0.05, 0.1) is 5.56 Å². The smallest absolute Gasteiger partial charge is 0.129 e. The maximum absolute atomic E-state index is 6.23. The molecule has 0 aromatic carbocycles. The van der Waals surface area contributed by atoms with Crippen LogP contribution in [0.5, 0.6) is 0 Å². The minimum absolute atomic E-state index is 0.633. The van der Waals surface area contributed by atoms with Gasteiger partial charge in [0, 0.05) is 25.0 Å². The van der Waals surface area contributed by atoms with E-state index in [0.29, 0.717) is 5.82 Å². The number of hydrogen-bond acceptors (Lipinski definition) is 4. The highest BCUT2D eigenvalue weighted by Crippen LogP contribution is 2.40. The summed E-state index contributed by atoms with van der Waals surface area (Å²) in [6.07, 6.45) is 3.51. The van der Waals surface area contributed by atoms with Gasteiger partial charge < -0.3 is 10.2 Å². The lowest BCUT2D eigenvalue weighted by Crippen LogP contribution is -1.97. The van der Waals surface area contributed by atoms with E-state index in [2.05, 4.69) is 10.1 Å². The lowest BCUT2D eigenvalue weighted by Gasteiger charge is -2.04. The summed E-state index contributed by atoms with van der Waals surface area (Å²) in [5.41, 5.74) is 11.1. The highest BCUT2D eigenvalue weighted by atomic mass is 16.3. The first-order valence-electron chi connectivity index (χ1n) is 6.80. The maximum Gasteiger partial charge on any atom is 0.129 e. The summed E-state index contributed by atoms with van der Waals surface area (Å²) >= 11 is 0. The number of nitrogens with two attached hydrogens (primary N) is 1. The summed E-state index contributed by atoms with van der Waals surface area (Å²) in [4.78, 5) is 4.06. The highest BCUT2D eigenvalue weighted by molar-refractivity contribution is 5.89. The van der Waals surface area contributed by atoms with Gasteiger partial charge in [-0.2, -0.15) is 5.10 Å². The van der Waals surface area contributed by atoms with E-state index in [0.717, 1.165) is 39.5 Å². The van der Waals surface area contributed by atoms with Gasteiger partial charge in [-0.05, 0) is 44.0 Å². The van der Waals surface area contributed by atoms with Crippen molar-refractivity contribution in [2.45, 2.75) is 20.8 Å². The summed E-state index contributed by atoms with van der Waals surface area (Å²) in [6.45, 7) is 5.96. The molecule has 3 aromatic rings. The Bertz CT molecular complexity index is 800. The zero-order valence-corrected chi connectivity index (χ0v) is 12.6. The van der Waals surface area contributed by atoms with Gasteiger partial charge in [0.15, 0.2) is 0 Å². The average Bonchev–Trinajstić information content (AvgIpc) is 2.88. The Morgan fingerprint density at radius 3 is 2.29 bits per heavy atom. The second kappa shape index (κ2) is 4.77. The van der Waals surface area contributed by atoms with Crippen molar-refractivity contribution >= 4 is 5.82 Å². The van der Waals surface area contributed by atoms with Gasteiger partial charge >= 0.3 is 0 Å². The third kappa shape index (κ3) is 2.01. The number of nitrogen functional groups attached to an aromatic ring is 1. The van der Waals surface area contributed by atoms with Crippen molar-refractivity contribution in [3.63, 3.8) is 0 Å². The first-order valence-corrected chi connectivity index (χ1v) is 6.80. The minimum Gasteiger partial charge on any atom is -0.466 e. The second-order valence-electron chi connectivity index (χ2n) is 5.18. The molecule has 3 aromatic heterocycles. The predicted octanol–water partition coefficient (Wildman–Crippen LogP) is 3.25. The van der Waals surface area contributed by atoms with Crippen molar-refractivity contribution in [1.82, 2.24) is 14.8 Å². The van der Waals surface area contributed by atoms with Crippen LogP contribution >= 0.6 is 0 Å². The Balaban J connectivity index is 2.32. The van der Waals surface area contributed by atoms with Gasteiger partial charge in [-0.1, -0.05) is 0 Å². The van der Waals surface area contributed by atoms with Gasteiger partial charge in [0.2, 0.25) is 0 Å². The van der Waals surface area contributed by atoms with Crippen molar-refractivity contribution in [3.05, 3.63) is 41.6 Å². The van der Waals surface area contributed by atoms with Crippen LogP contribution in [0.15, 0.2) is 28.9 Å². The first kappa shape index (κ1) is 13.4. The van der Waals surface area contributed by atoms with Crippen LogP contribution in [0.3, 0.4) is 0 Å². The lowest BCUT2D eigenvalue weighted by atomic mass is 9.99. The number of aromatic nitrogens is 3. The molecule has 21 heavy (non-hydrogen) atoms. The molecule has 0 amide bonds. The molecule has 0 radical (unpaired) electrons. The normalized spacial score (nSPS) is 11.0. The Morgan fingerprint density at radius 1 is 1.05 bits per heavy atom. The fraction of sp³-hybridized carbons (Fsp3) is 0.250. The third-order valence-corrected chi connectivity index (χ3v) is 3.86. The Kier molecular flexibility index (Phi) is 3.05. The Morgan fingerprint density at radius 2 is 1.71 bits per heavy atom. The van der Waals surface area contributed by atoms with E-state index < -0.39 is 0 Å². The van der Waals surface area contributed by atoms with Gasteiger partial charge in [-0.15, -0.1) is 0 Å². The zero-order valence-electron chi connectivity index (χ0n) is 12.6. The number of nitrogens with zero attached hydrogens (tertiary/aromatic N) is 3. The zero-order chi connectivity index (χ0) is 15.1. The molecule has 3 rings (SSSR count). The molecule has 0 atom stereocenters. The van der Waals surface area contributed by atoms with E-state index in [9.17, 15) is 0 Å². The molecule has 2 N–H and O–H groups in total. The summed E-state index contributed by atoms with van der Waals surface area (Å²) in [6, 6.07) is 3.88. The number of rotatable bonds is 2. The maximum atomic E-state index is 6.23. The topological polar surface area (TPSA) is 69.9 Å². The molecular weight excluding hydrogens is 264 g/mol. The second-order valence-corrected chi connectivity index (χ2v) is 5.18. The molecule has 108 valence electrons. The molecule has 0 saturated heterocycles. The average molecular weight is 282 g/mol. The third-order valence-electron chi connectivity index (χ3n) is 3.86. The standard InChI is InChI=1S/C16H18N4O/c1-9-10(2)21-11(3)13(9)15-14(16(17)20(4)19-15)12-5-7-18-8-6-12/h5-8H,17H2,1-4H3. The monoisotopic (exact) mass is 282 g/mol. The molecule has 0 fully saturated rings. The molecule has 3 heterocycles. The van der Waals surface area contributed by atoms with E-state index in [1.165, 1.54) is 0 Å². The van der Waals surface area contributed by atoms with Crippen molar-refractivity contribution < 1.29 is 4.42 Å². The largest absolute Gasteiger partial charge is 0.466 e. The van der Waals surface area contributed by atoms with E-state index in [4.69, 9.17) is 10.2 Å². The van der Waals surface area contributed by atoms with Gasteiger partial charge in [-0.3, -0.25) is 9.67 Å². The number of anilines is 1. The molecule has 0 aliphatic rings. The molecule has 5 nitrogen and oxygen atoms in total. The summed E-state index contributed by atoms with van der Waals surface area (Å²) < 4.78 is 7.44. The fourth-order valence-corrected chi connectivity index (χ4v) is 2.66. The number of hydrogen-bond donors (Lipinski definition) is 1. The Labute approximate surface area is 123 Å². The molecule has 5 heteroatoms. The highest BCUT2D eigenvalue weighted by Gasteiger charge is 2.23. The summed E-state index contributed by atoms with van der Waals surface area (Å²) in [5, 5.41) is 4.60. The molecule has 0 unspecified atom stereocenters. The van der Waals surface area contributed by atoms with E-state index in [1.807, 2.05) is 40.0 Å². The number of furan rings is 1. The van der Waals surface area contributed by atoms with Crippen LogP contribution in [-0.4, -0.2) is 14.8 Å². The van der Waals surface area contributed by atoms with E-state index >= 15 is 0 Å². The fourth-order valence-electron chi connectivity index (χ4n) is 2.66. The summed E-state index contributed by atoms with van der Waals surface area (Å²) in [5.74, 6) is 2.40. The molecule has 0 spiro atoms. The van der Waals surface area contributed by atoms with Crippen LogP contribution in [0, 0.1) is 20.8 Å². The van der Waals surface area contributed by atoms with Gasteiger partial charge in [-0.25, -0.2) is 0 Å². The van der Waals surface area contributed by atoms with Crippen LogP contribution in [0.1, 0.15) is 17.1 Å². The van der Waals surface area contributed by atoms with Crippen molar-refractivity contribution in [2.75, 3.05) is 5.73 Å². The van der Waals surface area contributed by atoms with Crippen LogP contribution in [0.25, 0.3) is 22.4 Å². The SMILES string of the molecule is Cc1oc(C)c(-c2nn(C)c(N)c2-c2ccncc2)c1C. The molecule has 0 aliphatic carbocycles. The van der Waals surface area contributed by atoms with Crippen LogP contribution in [-0.2, 0) is 7.05 Å². The minimum atomic E-state index is 0.633. The number of aryl methyl sites for hydroxylation is 3. The van der Waals surface area contributed by atoms with Crippen molar-refractivity contribution in [2.24, 2.45) is 7.05 Å². The van der Waals surface area contributed by atoms with E-state index in [1.54, 1.807) is 17.1 Å². The van der Waals surface area contributed by atoms with E-state index in [-0.39, 0.29) is 0 Å². The van der Waals surface area contributed by atoms with Gasteiger partial charge in [0.25, 0.3) is 0 Å². The molecular formula is C16H18N4O. The van der Waals surface area contributed by atoms with Crippen molar-refractivity contribution in [3.8, 4) is 22.4 Å². The molecule has 0 bridgehead atoms. The first-order chi connectivity index (χ1) is 10.0. The lowest BCUT2D eigenvalue weighted by molar-refractivity contribution is 0.503. The van der Waals surface area contributed by atoms with Crippen LogP contribution < -0.4 is 5.73 Å². The Hall–Kier alpha value is -2.56. The van der Waals surface area contributed by atoms with Crippen LogP contribution in [0.4, 0.5) is 5.82 Å². The van der Waals surface area contributed by atoms with Gasteiger partial charge in [0.1, 0.15) is 23.0 Å². The number of pyridine rings is 1. The molecule has 0 saturated carbocycles. The summed E-state index contributed by atoms with van der Waals surface area (Å²) in [7, 11) is 1.85. The van der Waals surface area contributed by atoms with Crippen molar-refractivity contribution in [1.29, 1.82) is 0 Å². The molecule has 0 aliphatic heterocycles. The van der Waals surface area contributed by atoms with Crippen LogP contribution in [0.2, 0.25) is 0 Å². The predicted molar refractivity (Wildman–Crippen MR) is 82.8 cm³/mol.